The fraction of sp³-hybridized carbons (Fsp3) is 0.462. The molecule has 3 heterocycles. The van der Waals surface area contributed by atoms with Crippen LogP contribution in [0.1, 0.15) is 0 Å². The molecule has 2 aromatic rings. The van der Waals surface area contributed by atoms with E-state index in [4.69, 9.17) is 4.74 Å². The van der Waals surface area contributed by atoms with Gasteiger partial charge in [-0.1, -0.05) is 0 Å². The molecule has 1 N–H and O–H groups in total. The summed E-state index contributed by atoms with van der Waals surface area (Å²) in [6.45, 7) is 1.69. The number of likely N-dealkylation sites (N-methyl/N-ethyl adjacent to an activating group) is 1. The maximum absolute atomic E-state index is 12.1. The second-order valence-corrected chi connectivity index (χ2v) is 5.13. The Balaban J connectivity index is 2.11. The third-order valence-corrected chi connectivity index (χ3v) is 3.73. The van der Waals surface area contributed by atoms with Crippen molar-refractivity contribution in [3.05, 3.63) is 22.9 Å². The summed E-state index contributed by atoms with van der Waals surface area (Å²) in [5.41, 5.74) is 1.15. The van der Waals surface area contributed by atoms with E-state index in [1.165, 1.54) is 6.33 Å². The Hall–Kier alpha value is -2.15. The molecule has 0 aliphatic carbocycles. The SMILES string of the molecule is COc1ncc2nc[nH]c(=O)c2c1N1CC(N(C)C)C1. The number of ether oxygens (including phenoxy) is 1. The lowest BCUT2D eigenvalue weighted by atomic mass is 10.1. The van der Waals surface area contributed by atoms with Gasteiger partial charge in [-0.25, -0.2) is 9.97 Å². The fourth-order valence-electron chi connectivity index (χ4n) is 2.44. The van der Waals surface area contributed by atoms with Crippen molar-refractivity contribution in [1.29, 1.82) is 0 Å². The van der Waals surface area contributed by atoms with Gasteiger partial charge in [-0.3, -0.25) is 4.79 Å². The van der Waals surface area contributed by atoms with Crippen molar-refractivity contribution < 1.29 is 4.74 Å². The first-order chi connectivity index (χ1) is 9.61. The predicted octanol–water partition coefficient (Wildman–Crippen LogP) is 0.0769. The number of aromatic amines is 1. The third kappa shape index (κ3) is 1.90. The summed E-state index contributed by atoms with van der Waals surface area (Å²) < 4.78 is 5.31. The van der Waals surface area contributed by atoms with E-state index in [-0.39, 0.29) is 5.56 Å². The van der Waals surface area contributed by atoms with Crippen LogP contribution in [-0.4, -0.2) is 60.2 Å². The Morgan fingerprint density at radius 2 is 2.15 bits per heavy atom. The maximum Gasteiger partial charge on any atom is 0.260 e. The van der Waals surface area contributed by atoms with Gasteiger partial charge in [-0.05, 0) is 14.1 Å². The van der Waals surface area contributed by atoms with Gasteiger partial charge >= 0.3 is 0 Å². The average Bonchev–Trinajstić information content (AvgIpc) is 2.36. The first kappa shape index (κ1) is 12.9. The zero-order chi connectivity index (χ0) is 14.3. The number of hydrogen-bond donors (Lipinski definition) is 1. The van der Waals surface area contributed by atoms with Crippen molar-refractivity contribution in [2.24, 2.45) is 0 Å². The smallest absolute Gasteiger partial charge is 0.260 e. The lowest BCUT2D eigenvalue weighted by Gasteiger charge is -2.44. The average molecular weight is 275 g/mol. The number of nitrogens with zero attached hydrogens (tertiary/aromatic N) is 4. The van der Waals surface area contributed by atoms with Crippen molar-refractivity contribution in [3.63, 3.8) is 0 Å². The summed E-state index contributed by atoms with van der Waals surface area (Å²) in [5, 5.41) is 0.538. The van der Waals surface area contributed by atoms with Gasteiger partial charge in [-0.15, -0.1) is 0 Å². The third-order valence-electron chi connectivity index (χ3n) is 3.73. The quantitative estimate of drug-likeness (QED) is 0.855. The maximum atomic E-state index is 12.1. The molecule has 106 valence electrons. The number of aromatic nitrogens is 3. The summed E-state index contributed by atoms with van der Waals surface area (Å²) in [6, 6.07) is 0.478. The molecule has 7 heteroatoms. The van der Waals surface area contributed by atoms with E-state index in [2.05, 4.69) is 38.8 Å². The molecule has 2 aromatic heterocycles. The second-order valence-electron chi connectivity index (χ2n) is 5.13. The molecule has 0 spiro atoms. The highest BCUT2D eigenvalue weighted by Crippen LogP contribution is 2.34. The van der Waals surface area contributed by atoms with Crippen LogP contribution >= 0.6 is 0 Å². The van der Waals surface area contributed by atoms with Crippen LogP contribution in [-0.2, 0) is 0 Å². The fourth-order valence-corrected chi connectivity index (χ4v) is 2.44. The summed E-state index contributed by atoms with van der Waals surface area (Å²) in [5.74, 6) is 0.466. The number of hydrogen-bond acceptors (Lipinski definition) is 6. The normalized spacial score (nSPS) is 15.7. The molecule has 1 aliphatic heterocycles. The van der Waals surface area contributed by atoms with Crippen LogP contribution in [0.5, 0.6) is 5.88 Å². The van der Waals surface area contributed by atoms with Crippen molar-refractivity contribution in [1.82, 2.24) is 19.9 Å². The van der Waals surface area contributed by atoms with E-state index >= 15 is 0 Å². The lowest BCUT2D eigenvalue weighted by molar-refractivity contribution is 0.245. The molecule has 7 nitrogen and oxygen atoms in total. The van der Waals surface area contributed by atoms with Gasteiger partial charge in [0, 0.05) is 19.1 Å². The van der Waals surface area contributed by atoms with Crippen LogP contribution in [0.25, 0.3) is 10.9 Å². The van der Waals surface area contributed by atoms with E-state index in [1.54, 1.807) is 13.3 Å². The van der Waals surface area contributed by atoms with Gasteiger partial charge in [0.25, 0.3) is 5.56 Å². The van der Waals surface area contributed by atoms with E-state index in [0.717, 1.165) is 18.8 Å². The molecule has 0 unspecified atom stereocenters. The second kappa shape index (κ2) is 4.75. The zero-order valence-corrected chi connectivity index (χ0v) is 11.8. The van der Waals surface area contributed by atoms with E-state index < -0.39 is 0 Å². The Kier molecular flexibility index (Phi) is 3.06. The Bertz CT molecular complexity index is 691. The van der Waals surface area contributed by atoms with E-state index in [0.29, 0.717) is 22.8 Å². The van der Waals surface area contributed by atoms with E-state index in [1.807, 2.05) is 0 Å². The number of anilines is 1. The number of methoxy groups -OCH3 is 1. The summed E-state index contributed by atoms with van der Waals surface area (Å²) in [6.07, 6.45) is 2.96. The molecule has 1 fully saturated rings. The Morgan fingerprint density at radius 3 is 2.80 bits per heavy atom. The highest BCUT2D eigenvalue weighted by molar-refractivity contribution is 5.93. The molecule has 0 radical (unpaired) electrons. The number of fused-ring (bicyclic) bond motifs is 1. The summed E-state index contributed by atoms with van der Waals surface area (Å²) in [7, 11) is 5.66. The largest absolute Gasteiger partial charge is 0.479 e. The van der Waals surface area contributed by atoms with Gasteiger partial charge in [0.15, 0.2) is 0 Å². The standard InChI is InChI=1S/C13H17N5O2/c1-17(2)8-5-18(6-8)11-10-9(4-14-13(11)20-3)15-7-16-12(10)19/h4,7-8H,5-6H2,1-3H3,(H,15,16,19). The number of nitrogens with one attached hydrogen (secondary N) is 1. The lowest BCUT2D eigenvalue weighted by Crippen LogP contribution is -2.57. The Labute approximate surface area is 116 Å². The molecule has 20 heavy (non-hydrogen) atoms. The molecule has 0 saturated carbocycles. The summed E-state index contributed by atoms with van der Waals surface area (Å²) in [4.78, 5) is 27.4. The molecular formula is C13H17N5O2. The monoisotopic (exact) mass is 275 g/mol. The van der Waals surface area contributed by atoms with Crippen molar-refractivity contribution in [3.8, 4) is 5.88 Å². The van der Waals surface area contributed by atoms with Crippen LogP contribution in [0.15, 0.2) is 17.3 Å². The first-order valence-corrected chi connectivity index (χ1v) is 6.43. The molecule has 0 atom stereocenters. The van der Waals surface area contributed by atoms with Gasteiger partial charge < -0.3 is 19.5 Å². The molecular weight excluding hydrogens is 258 g/mol. The van der Waals surface area contributed by atoms with Crippen LogP contribution in [0.4, 0.5) is 5.69 Å². The molecule has 0 amide bonds. The minimum absolute atomic E-state index is 0.168. The van der Waals surface area contributed by atoms with Gasteiger partial charge in [0.1, 0.15) is 5.69 Å². The molecule has 0 aromatic carbocycles. The van der Waals surface area contributed by atoms with Crippen molar-refractivity contribution >= 4 is 16.6 Å². The van der Waals surface area contributed by atoms with E-state index in [9.17, 15) is 4.79 Å². The van der Waals surface area contributed by atoms with Crippen LogP contribution < -0.4 is 15.2 Å². The van der Waals surface area contributed by atoms with Crippen molar-refractivity contribution in [2.75, 3.05) is 39.2 Å². The van der Waals surface area contributed by atoms with Gasteiger partial charge in [-0.2, -0.15) is 0 Å². The molecule has 1 saturated heterocycles. The van der Waals surface area contributed by atoms with Gasteiger partial charge in [0.2, 0.25) is 5.88 Å². The first-order valence-electron chi connectivity index (χ1n) is 6.43. The van der Waals surface area contributed by atoms with Gasteiger partial charge in [0.05, 0.1) is 30.5 Å². The number of H-pyrrole nitrogens is 1. The van der Waals surface area contributed by atoms with Crippen molar-refractivity contribution in [2.45, 2.75) is 6.04 Å². The molecule has 3 rings (SSSR count). The molecule has 1 aliphatic rings. The highest BCUT2D eigenvalue weighted by Gasteiger charge is 2.32. The molecule has 0 bridgehead atoms. The highest BCUT2D eigenvalue weighted by atomic mass is 16.5. The Morgan fingerprint density at radius 1 is 1.40 bits per heavy atom. The summed E-state index contributed by atoms with van der Waals surface area (Å²) >= 11 is 0. The minimum Gasteiger partial charge on any atom is -0.479 e. The predicted molar refractivity (Wildman–Crippen MR) is 76.4 cm³/mol. The van der Waals surface area contributed by atoms with Crippen LogP contribution in [0.3, 0.4) is 0 Å². The minimum atomic E-state index is -0.168. The number of rotatable bonds is 3. The number of pyridine rings is 1. The zero-order valence-electron chi connectivity index (χ0n) is 11.8. The van der Waals surface area contributed by atoms with Crippen LogP contribution in [0, 0.1) is 0 Å². The van der Waals surface area contributed by atoms with Crippen LogP contribution in [0.2, 0.25) is 0 Å². The topological polar surface area (TPSA) is 74.3 Å².